The second kappa shape index (κ2) is 7.52. The molecule has 0 aromatic heterocycles. The second-order valence-corrected chi connectivity index (χ2v) is 6.40. The van der Waals surface area contributed by atoms with Crippen molar-refractivity contribution in [2.24, 2.45) is 0 Å². The molecule has 2 aromatic carbocycles. The maximum absolute atomic E-state index is 12.0. The molecule has 0 saturated heterocycles. The Morgan fingerprint density at radius 2 is 1.75 bits per heavy atom. The van der Waals surface area contributed by atoms with E-state index in [1.165, 1.54) is 5.56 Å². The molecule has 0 saturated carbocycles. The molecule has 1 N–H and O–H groups in total. The predicted molar refractivity (Wildman–Crippen MR) is 97.1 cm³/mol. The molecule has 0 amide bonds. The van der Waals surface area contributed by atoms with Gasteiger partial charge >= 0.3 is 5.97 Å². The molecule has 1 atom stereocenters. The summed E-state index contributed by atoms with van der Waals surface area (Å²) in [4.78, 5) is 12.0. The summed E-state index contributed by atoms with van der Waals surface area (Å²) in [6.45, 7) is 8.23. The van der Waals surface area contributed by atoms with E-state index in [0.717, 1.165) is 34.2 Å². The third-order valence-corrected chi connectivity index (χ3v) is 4.62. The molecule has 0 aliphatic rings. The third-order valence-electron chi connectivity index (χ3n) is 4.62. The fourth-order valence-electron chi connectivity index (χ4n) is 3.34. The van der Waals surface area contributed by atoms with Crippen molar-refractivity contribution >= 4 is 5.97 Å². The van der Waals surface area contributed by atoms with Crippen molar-refractivity contribution < 1.29 is 14.6 Å². The molecule has 0 aliphatic heterocycles. The van der Waals surface area contributed by atoms with Crippen LogP contribution >= 0.6 is 0 Å². The Morgan fingerprint density at radius 1 is 1.12 bits per heavy atom. The van der Waals surface area contributed by atoms with Gasteiger partial charge in [-0.15, -0.1) is 0 Å². The van der Waals surface area contributed by atoms with Gasteiger partial charge in [-0.1, -0.05) is 36.8 Å². The Labute approximate surface area is 144 Å². The number of carboxylic acids is 1. The zero-order valence-electron chi connectivity index (χ0n) is 15.1. The van der Waals surface area contributed by atoms with Gasteiger partial charge in [-0.2, -0.15) is 0 Å². The number of aliphatic carboxylic acids is 1. The van der Waals surface area contributed by atoms with Crippen molar-refractivity contribution in [3.05, 3.63) is 63.7 Å². The lowest BCUT2D eigenvalue weighted by atomic mass is 9.86. The first-order valence-electron chi connectivity index (χ1n) is 8.33. The second-order valence-electron chi connectivity index (χ2n) is 6.40. The summed E-state index contributed by atoms with van der Waals surface area (Å²) in [7, 11) is 1.59. The summed E-state index contributed by atoms with van der Waals surface area (Å²) in [5, 5.41) is 9.85. The molecule has 3 heteroatoms. The van der Waals surface area contributed by atoms with E-state index >= 15 is 0 Å². The van der Waals surface area contributed by atoms with Crippen LogP contribution in [0.5, 0.6) is 5.75 Å². The zero-order chi connectivity index (χ0) is 17.9. The molecule has 0 fully saturated rings. The fraction of sp³-hybridized carbons (Fsp3) is 0.381. The predicted octanol–water partition coefficient (Wildman–Crippen LogP) is 4.59. The molecule has 2 rings (SSSR count). The van der Waals surface area contributed by atoms with E-state index in [4.69, 9.17) is 4.74 Å². The lowest BCUT2D eigenvalue weighted by molar-refractivity contribution is -0.138. The summed E-state index contributed by atoms with van der Waals surface area (Å²) < 4.78 is 5.43. The van der Waals surface area contributed by atoms with Gasteiger partial charge in [-0.05, 0) is 61.9 Å². The normalized spacial score (nSPS) is 12.0. The molecule has 0 heterocycles. The van der Waals surface area contributed by atoms with Gasteiger partial charge in [0.15, 0.2) is 0 Å². The standard InChI is InChI=1S/C21H26O3/c1-6-16-7-8-20(24-5)18(11-16)19(21(22)23)12-17-14(3)9-13(2)10-15(17)4/h7-11,19H,6,12H2,1-5H3,(H,22,23). The first kappa shape index (κ1) is 18.1. The van der Waals surface area contributed by atoms with Crippen LogP contribution in [0.25, 0.3) is 0 Å². The third kappa shape index (κ3) is 3.78. The highest BCUT2D eigenvalue weighted by Gasteiger charge is 2.25. The van der Waals surface area contributed by atoms with Crippen LogP contribution in [0.4, 0.5) is 0 Å². The van der Waals surface area contributed by atoms with Crippen molar-refractivity contribution in [3.63, 3.8) is 0 Å². The highest BCUT2D eigenvalue weighted by Crippen LogP contribution is 2.32. The molecule has 0 bridgehead atoms. The van der Waals surface area contributed by atoms with E-state index in [9.17, 15) is 9.90 Å². The minimum absolute atomic E-state index is 0.469. The first-order valence-corrected chi connectivity index (χ1v) is 8.33. The molecule has 128 valence electrons. The largest absolute Gasteiger partial charge is 0.496 e. The number of carbonyl (C=O) groups is 1. The molecule has 0 spiro atoms. The molecular formula is C21H26O3. The minimum Gasteiger partial charge on any atom is -0.496 e. The summed E-state index contributed by atoms with van der Waals surface area (Å²) in [5.41, 5.74) is 6.47. The van der Waals surface area contributed by atoms with Crippen LogP contribution in [0, 0.1) is 20.8 Å². The number of benzene rings is 2. The van der Waals surface area contributed by atoms with Gasteiger partial charge < -0.3 is 9.84 Å². The van der Waals surface area contributed by atoms with E-state index in [2.05, 4.69) is 26.0 Å². The minimum atomic E-state index is -0.819. The summed E-state index contributed by atoms with van der Waals surface area (Å²) in [5.74, 6) is -0.797. The van der Waals surface area contributed by atoms with Crippen LogP contribution in [0.3, 0.4) is 0 Å². The number of methoxy groups -OCH3 is 1. The number of hydrogen-bond acceptors (Lipinski definition) is 2. The van der Waals surface area contributed by atoms with Gasteiger partial charge in [0.2, 0.25) is 0 Å². The van der Waals surface area contributed by atoms with Crippen molar-refractivity contribution in [1.29, 1.82) is 0 Å². The Hall–Kier alpha value is -2.29. The quantitative estimate of drug-likeness (QED) is 0.844. The topological polar surface area (TPSA) is 46.5 Å². The zero-order valence-corrected chi connectivity index (χ0v) is 15.1. The van der Waals surface area contributed by atoms with Crippen LogP contribution < -0.4 is 4.74 Å². The Balaban J connectivity index is 2.50. The van der Waals surface area contributed by atoms with Crippen molar-refractivity contribution in [2.45, 2.75) is 46.5 Å². The van der Waals surface area contributed by atoms with Crippen LogP contribution in [0.1, 0.15) is 46.2 Å². The number of carboxylic acid groups (broad SMARTS) is 1. The summed E-state index contributed by atoms with van der Waals surface area (Å²) in [6, 6.07) is 10.1. The van der Waals surface area contributed by atoms with Crippen LogP contribution in [-0.4, -0.2) is 18.2 Å². The van der Waals surface area contributed by atoms with Crippen LogP contribution in [0.2, 0.25) is 0 Å². The number of aryl methyl sites for hydroxylation is 4. The van der Waals surface area contributed by atoms with Gasteiger partial charge in [0, 0.05) is 5.56 Å². The van der Waals surface area contributed by atoms with Gasteiger partial charge in [0.05, 0.1) is 13.0 Å². The van der Waals surface area contributed by atoms with E-state index in [1.54, 1.807) is 7.11 Å². The lowest BCUT2D eigenvalue weighted by Gasteiger charge is -2.20. The van der Waals surface area contributed by atoms with Crippen molar-refractivity contribution in [1.82, 2.24) is 0 Å². The average molecular weight is 326 g/mol. The Kier molecular flexibility index (Phi) is 5.66. The fourth-order valence-corrected chi connectivity index (χ4v) is 3.34. The van der Waals surface area contributed by atoms with Crippen molar-refractivity contribution in [3.8, 4) is 5.75 Å². The maximum atomic E-state index is 12.0. The summed E-state index contributed by atoms with van der Waals surface area (Å²) >= 11 is 0. The highest BCUT2D eigenvalue weighted by atomic mass is 16.5. The van der Waals surface area contributed by atoms with E-state index < -0.39 is 11.9 Å². The monoisotopic (exact) mass is 326 g/mol. The Morgan fingerprint density at radius 3 is 2.25 bits per heavy atom. The molecule has 0 radical (unpaired) electrons. The van der Waals surface area contributed by atoms with E-state index in [1.807, 2.05) is 32.0 Å². The smallest absolute Gasteiger partial charge is 0.311 e. The van der Waals surface area contributed by atoms with Gasteiger partial charge in [-0.25, -0.2) is 0 Å². The van der Waals surface area contributed by atoms with Crippen LogP contribution in [-0.2, 0) is 17.6 Å². The average Bonchev–Trinajstić information content (AvgIpc) is 2.53. The maximum Gasteiger partial charge on any atom is 0.311 e. The molecule has 1 unspecified atom stereocenters. The molecule has 0 aliphatic carbocycles. The molecular weight excluding hydrogens is 300 g/mol. The van der Waals surface area contributed by atoms with E-state index in [-0.39, 0.29) is 0 Å². The van der Waals surface area contributed by atoms with Gasteiger partial charge in [-0.3, -0.25) is 4.79 Å². The highest BCUT2D eigenvalue weighted by molar-refractivity contribution is 5.78. The lowest BCUT2D eigenvalue weighted by Crippen LogP contribution is -2.17. The first-order chi connectivity index (χ1) is 11.4. The summed E-state index contributed by atoms with van der Waals surface area (Å²) in [6.07, 6.45) is 1.34. The molecule has 3 nitrogen and oxygen atoms in total. The molecule has 24 heavy (non-hydrogen) atoms. The molecule has 2 aromatic rings. The Bertz CT molecular complexity index is 724. The number of ether oxygens (including phenoxy) is 1. The van der Waals surface area contributed by atoms with Crippen LogP contribution in [0.15, 0.2) is 30.3 Å². The SMILES string of the molecule is CCc1ccc(OC)c(C(Cc2c(C)cc(C)cc2C)C(=O)O)c1. The van der Waals surface area contributed by atoms with Crippen molar-refractivity contribution in [2.75, 3.05) is 7.11 Å². The number of rotatable bonds is 6. The van der Waals surface area contributed by atoms with E-state index in [0.29, 0.717) is 12.2 Å². The van der Waals surface area contributed by atoms with Gasteiger partial charge in [0.1, 0.15) is 5.75 Å². The van der Waals surface area contributed by atoms with Gasteiger partial charge in [0.25, 0.3) is 0 Å². The number of hydrogen-bond donors (Lipinski definition) is 1.